The van der Waals surface area contributed by atoms with Gasteiger partial charge in [0.2, 0.25) is 0 Å². The minimum atomic E-state index is -0.866. The Morgan fingerprint density at radius 3 is 2.03 bits per heavy atom. The highest BCUT2D eigenvalue weighted by Gasteiger charge is 2.48. The second-order valence-electron chi connectivity index (χ2n) is 8.51. The van der Waals surface area contributed by atoms with Crippen molar-refractivity contribution in [2.24, 2.45) is 0 Å². The van der Waals surface area contributed by atoms with Crippen LogP contribution in [0.4, 0.5) is 0 Å². The molecule has 2 aromatic rings. The minimum absolute atomic E-state index is 0.0929. The van der Waals surface area contributed by atoms with Crippen molar-refractivity contribution in [3.8, 4) is 0 Å². The molecule has 32 heavy (non-hydrogen) atoms. The van der Waals surface area contributed by atoms with Gasteiger partial charge >= 0.3 is 0 Å². The van der Waals surface area contributed by atoms with Crippen LogP contribution in [0.2, 0.25) is 0 Å². The summed E-state index contributed by atoms with van der Waals surface area (Å²) in [6.45, 7) is 9.45. The molecule has 3 rings (SSSR count). The predicted molar refractivity (Wildman–Crippen MR) is 124 cm³/mol. The zero-order valence-corrected chi connectivity index (χ0v) is 19.2. The van der Waals surface area contributed by atoms with Crippen molar-refractivity contribution in [3.63, 3.8) is 0 Å². The third kappa shape index (κ3) is 6.72. The highest BCUT2D eigenvalue weighted by Crippen LogP contribution is 2.34. The molecule has 0 aliphatic carbocycles. The third-order valence-electron chi connectivity index (χ3n) is 5.49. The van der Waals surface area contributed by atoms with E-state index >= 15 is 0 Å². The SMILES string of the molecule is C=C[C@H]([C@@H]1OC(C)(C)O[C@H]1[C@H](O)COCOC)N(Cc1ccccc1)Cc1ccccc1. The van der Waals surface area contributed by atoms with Crippen molar-refractivity contribution >= 4 is 0 Å². The number of rotatable bonds is 12. The van der Waals surface area contributed by atoms with Crippen LogP contribution in [-0.2, 0) is 32.0 Å². The maximum Gasteiger partial charge on any atom is 0.163 e. The summed E-state index contributed by atoms with van der Waals surface area (Å²) in [7, 11) is 1.55. The molecule has 0 radical (unpaired) electrons. The van der Waals surface area contributed by atoms with Gasteiger partial charge in [-0.15, -0.1) is 6.58 Å². The number of benzene rings is 2. The van der Waals surface area contributed by atoms with Gasteiger partial charge in [0.15, 0.2) is 5.79 Å². The number of aliphatic hydroxyl groups excluding tert-OH is 1. The molecule has 6 heteroatoms. The summed E-state index contributed by atoms with van der Waals surface area (Å²) in [4.78, 5) is 2.31. The number of methoxy groups -OCH3 is 1. The first kappa shape index (κ1) is 24.6. The average Bonchev–Trinajstić information content (AvgIpc) is 3.11. The standard InChI is InChI=1S/C26H35NO5/c1-5-22(24-25(32-26(2,3)31-24)23(28)18-30-19-29-4)27(16-20-12-8-6-9-13-20)17-21-14-10-7-11-15-21/h5-15,22-25,28H,1,16-19H2,2-4H3/t22-,23-,24+,25+/m1/s1. The Morgan fingerprint density at radius 2 is 1.53 bits per heavy atom. The molecule has 2 aromatic carbocycles. The van der Waals surface area contributed by atoms with Gasteiger partial charge in [0.05, 0.1) is 12.6 Å². The molecule has 0 unspecified atom stereocenters. The van der Waals surface area contributed by atoms with Gasteiger partial charge in [-0.2, -0.15) is 0 Å². The Kier molecular flexibility index (Phi) is 8.99. The van der Waals surface area contributed by atoms with Crippen molar-refractivity contribution < 1.29 is 24.1 Å². The maximum absolute atomic E-state index is 10.8. The Bertz CT molecular complexity index is 772. The van der Waals surface area contributed by atoms with Crippen LogP contribution in [0.1, 0.15) is 25.0 Å². The van der Waals surface area contributed by atoms with Crippen LogP contribution in [0.5, 0.6) is 0 Å². The van der Waals surface area contributed by atoms with Gasteiger partial charge in [-0.05, 0) is 25.0 Å². The van der Waals surface area contributed by atoms with Crippen molar-refractivity contribution in [3.05, 3.63) is 84.4 Å². The van der Waals surface area contributed by atoms with Crippen LogP contribution in [0.3, 0.4) is 0 Å². The molecule has 1 saturated heterocycles. The molecule has 0 amide bonds. The minimum Gasteiger partial charge on any atom is -0.388 e. The Labute approximate surface area is 191 Å². The lowest BCUT2D eigenvalue weighted by Gasteiger charge is -2.36. The van der Waals surface area contributed by atoms with E-state index < -0.39 is 24.1 Å². The fraction of sp³-hybridized carbons (Fsp3) is 0.462. The van der Waals surface area contributed by atoms with E-state index in [4.69, 9.17) is 18.9 Å². The van der Waals surface area contributed by atoms with Crippen molar-refractivity contribution in [1.29, 1.82) is 0 Å². The summed E-state index contributed by atoms with van der Waals surface area (Å²) in [6, 6.07) is 20.4. The van der Waals surface area contributed by atoms with Crippen molar-refractivity contribution in [2.45, 2.75) is 57.1 Å². The molecular weight excluding hydrogens is 406 g/mol. The smallest absolute Gasteiger partial charge is 0.163 e. The number of hydrogen-bond donors (Lipinski definition) is 1. The summed E-state index contributed by atoms with van der Waals surface area (Å²) in [5.41, 5.74) is 2.38. The first-order valence-electron chi connectivity index (χ1n) is 11.0. The zero-order valence-electron chi connectivity index (χ0n) is 19.2. The Hall–Kier alpha value is -2.06. The predicted octanol–water partition coefficient (Wildman–Crippen LogP) is 3.74. The van der Waals surface area contributed by atoms with E-state index in [2.05, 4.69) is 35.7 Å². The Balaban J connectivity index is 1.86. The van der Waals surface area contributed by atoms with E-state index in [9.17, 15) is 5.11 Å². The first-order chi connectivity index (χ1) is 15.4. The molecule has 1 fully saturated rings. The monoisotopic (exact) mass is 441 g/mol. The van der Waals surface area contributed by atoms with E-state index in [0.717, 1.165) is 0 Å². The van der Waals surface area contributed by atoms with Gasteiger partial charge in [-0.25, -0.2) is 0 Å². The largest absolute Gasteiger partial charge is 0.388 e. The lowest BCUT2D eigenvalue weighted by atomic mass is 9.98. The normalized spacial score (nSPS) is 22.0. The average molecular weight is 442 g/mol. The molecule has 0 spiro atoms. The number of ether oxygens (including phenoxy) is 4. The van der Waals surface area contributed by atoms with Gasteiger partial charge in [-0.3, -0.25) is 4.90 Å². The van der Waals surface area contributed by atoms with E-state index in [-0.39, 0.29) is 19.4 Å². The summed E-state index contributed by atoms with van der Waals surface area (Å²) in [5.74, 6) is -0.829. The summed E-state index contributed by atoms with van der Waals surface area (Å²) < 4.78 is 22.8. The molecule has 1 heterocycles. The highest BCUT2D eigenvalue weighted by atomic mass is 16.8. The fourth-order valence-electron chi connectivity index (χ4n) is 4.12. The van der Waals surface area contributed by atoms with Crippen molar-refractivity contribution in [1.82, 2.24) is 4.90 Å². The van der Waals surface area contributed by atoms with Crippen LogP contribution in [0.15, 0.2) is 73.3 Å². The molecule has 6 nitrogen and oxygen atoms in total. The van der Waals surface area contributed by atoms with Crippen LogP contribution >= 0.6 is 0 Å². The van der Waals surface area contributed by atoms with Crippen molar-refractivity contribution in [2.75, 3.05) is 20.5 Å². The third-order valence-corrected chi connectivity index (χ3v) is 5.49. The molecule has 1 aliphatic heterocycles. The molecule has 0 bridgehead atoms. The molecule has 0 aromatic heterocycles. The second-order valence-corrected chi connectivity index (χ2v) is 8.51. The van der Waals surface area contributed by atoms with E-state index in [1.165, 1.54) is 11.1 Å². The molecule has 0 saturated carbocycles. The molecule has 1 N–H and O–H groups in total. The zero-order chi connectivity index (χ0) is 23.0. The topological polar surface area (TPSA) is 60.4 Å². The molecule has 4 atom stereocenters. The van der Waals surface area contributed by atoms with E-state index in [1.54, 1.807) is 7.11 Å². The van der Waals surface area contributed by atoms with Gasteiger partial charge in [-0.1, -0.05) is 66.7 Å². The van der Waals surface area contributed by atoms with Gasteiger partial charge in [0.1, 0.15) is 25.1 Å². The van der Waals surface area contributed by atoms with Crippen LogP contribution < -0.4 is 0 Å². The van der Waals surface area contributed by atoms with Crippen LogP contribution in [-0.4, -0.2) is 60.7 Å². The lowest BCUT2D eigenvalue weighted by molar-refractivity contribution is -0.163. The fourth-order valence-corrected chi connectivity index (χ4v) is 4.12. The quantitative estimate of drug-likeness (QED) is 0.308. The van der Waals surface area contributed by atoms with Gasteiger partial charge in [0, 0.05) is 20.2 Å². The van der Waals surface area contributed by atoms with Crippen LogP contribution in [0, 0.1) is 0 Å². The van der Waals surface area contributed by atoms with Gasteiger partial charge < -0.3 is 24.1 Å². The second kappa shape index (κ2) is 11.7. The molecule has 1 aliphatic rings. The summed E-state index contributed by atoms with van der Waals surface area (Å²) in [6.07, 6.45) is 0.0291. The van der Waals surface area contributed by atoms with Crippen LogP contribution in [0.25, 0.3) is 0 Å². The highest BCUT2D eigenvalue weighted by molar-refractivity contribution is 5.18. The van der Waals surface area contributed by atoms with E-state index in [1.807, 2.05) is 56.3 Å². The molecular formula is C26H35NO5. The Morgan fingerprint density at radius 1 is 1.00 bits per heavy atom. The maximum atomic E-state index is 10.8. The van der Waals surface area contributed by atoms with E-state index in [0.29, 0.717) is 13.1 Å². The summed E-state index contributed by atoms with van der Waals surface area (Å²) >= 11 is 0. The first-order valence-corrected chi connectivity index (χ1v) is 11.0. The number of hydrogen-bond acceptors (Lipinski definition) is 6. The lowest BCUT2D eigenvalue weighted by Crippen LogP contribution is -2.50. The van der Waals surface area contributed by atoms with Gasteiger partial charge in [0.25, 0.3) is 0 Å². The summed E-state index contributed by atoms with van der Waals surface area (Å²) in [5, 5.41) is 10.8. The number of aliphatic hydroxyl groups is 1. The number of nitrogens with zero attached hydrogens (tertiary/aromatic N) is 1. The molecule has 174 valence electrons.